The molecule has 0 bridgehead atoms. The van der Waals surface area contributed by atoms with Gasteiger partial charge in [0.25, 0.3) is 5.69 Å². The van der Waals surface area contributed by atoms with E-state index in [1.807, 2.05) is 37.4 Å². The Morgan fingerprint density at radius 1 is 0.862 bits per heavy atom. The fourth-order valence-corrected chi connectivity index (χ4v) is 2.69. The number of non-ortho nitro benzene ring substituents is 1. The maximum absolute atomic E-state index is 11.2. The molecule has 0 aliphatic heterocycles. The van der Waals surface area contributed by atoms with E-state index in [-0.39, 0.29) is 11.4 Å². The van der Waals surface area contributed by atoms with E-state index in [4.69, 9.17) is 0 Å². The zero-order chi connectivity index (χ0) is 20.8. The molecule has 0 saturated heterocycles. The summed E-state index contributed by atoms with van der Waals surface area (Å²) in [6.07, 6.45) is 0. The average Bonchev–Trinajstić information content (AvgIpc) is 2.73. The first-order chi connectivity index (χ1) is 13.9. The van der Waals surface area contributed by atoms with Gasteiger partial charge in [-0.1, -0.05) is 30.3 Å². The van der Waals surface area contributed by atoms with Crippen molar-refractivity contribution in [1.29, 1.82) is 0 Å². The van der Waals surface area contributed by atoms with E-state index in [1.54, 1.807) is 12.1 Å². The molecule has 0 aromatic heterocycles. The Morgan fingerprint density at radius 2 is 1.55 bits per heavy atom. The van der Waals surface area contributed by atoms with Crippen LogP contribution in [-0.2, 0) is 6.54 Å². The summed E-state index contributed by atoms with van der Waals surface area (Å²) < 4.78 is 0. The third-order valence-corrected chi connectivity index (χ3v) is 4.19. The van der Waals surface area contributed by atoms with Crippen molar-refractivity contribution in [2.45, 2.75) is 6.54 Å². The van der Waals surface area contributed by atoms with Gasteiger partial charge in [0.05, 0.1) is 21.6 Å². The minimum absolute atomic E-state index is 0.0501. The van der Waals surface area contributed by atoms with Gasteiger partial charge in [0.1, 0.15) is 0 Å². The number of nitro benzene ring substituents is 2. The van der Waals surface area contributed by atoms with Crippen molar-refractivity contribution >= 4 is 28.4 Å². The molecule has 0 heterocycles. The van der Waals surface area contributed by atoms with E-state index in [1.165, 1.54) is 11.6 Å². The van der Waals surface area contributed by atoms with Crippen LogP contribution < -0.4 is 4.90 Å². The number of anilines is 1. The molecular weight excluding hydrogens is 374 g/mol. The molecule has 0 radical (unpaired) electrons. The monoisotopic (exact) mass is 391 g/mol. The zero-order valence-electron chi connectivity index (χ0n) is 15.5. The normalized spacial score (nSPS) is 10.8. The lowest BCUT2D eigenvalue weighted by Gasteiger charge is -2.19. The maximum Gasteiger partial charge on any atom is 0.303 e. The molecule has 9 nitrogen and oxygen atoms in total. The first-order valence-electron chi connectivity index (χ1n) is 8.64. The molecule has 146 valence electrons. The van der Waals surface area contributed by atoms with Crippen molar-refractivity contribution in [1.82, 2.24) is 0 Å². The molecular formula is C20H17N5O4. The predicted molar refractivity (Wildman–Crippen MR) is 109 cm³/mol. The second-order valence-corrected chi connectivity index (χ2v) is 6.25. The number of azo groups is 1. The SMILES string of the molecule is CN(Cc1ccccc1)c1ccc(N=Nc2ccc([N+](=O)[O-])cc2[N+](=O)[O-])cc1. The lowest BCUT2D eigenvalue weighted by molar-refractivity contribution is -0.393. The summed E-state index contributed by atoms with van der Waals surface area (Å²) >= 11 is 0. The highest BCUT2D eigenvalue weighted by Crippen LogP contribution is 2.32. The van der Waals surface area contributed by atoms with Crippen LogP contribution in [0.25, 0.3) is 0 Å². The van der Waals surface area contributed by atoms with Crippen molar-refractivity contribution in [3.8, 4) is 0 Å². The lowest BCUT2D eigenvalue weighted by atomic mass is 10.2. The van der Waals surface area contributed by atoms with E-state index >= 15 is 0 Å². The van der Waals surface area contributed by atoms with Gasteiger partial charge in [0, 0.05) is 25.3 Å². The summed E-state index contributed by atoms with van der Waals surface area (Å²) in [5, 5.41) is 29.8. The van der Waals surface area contributed by atoms with Crippen molar-refractivity contribution in [3.63, 3.8) is 0 Å². The molecule has 9 heteroatoms. The number of nitro groups is 2. The van der Waals surface area contributed by atoms with Crippen LogP contribution in [0.2, 0.25) is 0 Å². The molecule has 0 aliphatic carbocycles. The maximum atomic E-state index is 11.2. The Morgan fingerprint density at radius 3 is 2.17 bits per heavy atom. The van der Waals surface area contributed by atoms with Crippen LogP contribution in [-0.4, -0.2) is 16.9 Å². The molecule has 0 unspecified atom stereocenters. The molecule has 3 aromatic rings. The largest absolute Gasteiger partial charge is 0.370 e. The molecule has 0 atom stereocenters. The smallest absolute Gasteiger partial charge is 0.303 e. The van der Waals surface area contributed by atoms with Gasteiger partial charge in [-0.15, -0.1) is 5.11 Å². The predicted octanol–water partition coefficient (Wildman–Crippen LogP) is 5.55. The van der Waals surface area contributed by atoms with Crippen LogP contribution in [0.15, 0.2) is 83.0 Å². The number of benzene rings is 3. The third-order valence-electron chi connectivity index (χ3n) is 4.19. The fourth-order valence-electron chi connectivity index (χ4n) is 2.69. The molecule has 3 rings (SSSR count). The minimum atomic E-state index is -0.719. The Kier molecular flexibility index (Phi) is 5.88. The van der Waals surface area contributed by atoms with Gasteiger partial charge < -0.3 is 4.90 Å². The third kappa shape index (κ3) is 4.98. The Balaban J connectivity index is 1.75. The van der Waals surface area contributed by atoms with Gasteiger partial charge in [-0.25, -0.2) is 0 Å². The quantitative estimate of drug-likeness (QED) is 0.297. The van der Waals surface area contributed by atoms with Crippen LogP contribution in [0.3, 0.4) is 0 Å². The molecule has 3 aromatic carbocycles. The standard InChI is InChI=1S/C20H17N5O4/c1-23(14-15-5-3-2-4-6-15)17-9-7-16(8-10-17)21-22-19-12-11-18(24(26)27)13-20(19)25(28)29/h2-13H,14H2,1H3. The summed E-state index contributed by atoms with van der Waals surface area (Å²) in [4.78, 5) is 22.6. The molecule has 0 saturated carbocycles. The molecule has 0 spiro atoms. The van der Waals surface area contributed by atoms with Crippen molar-refractivity contribution in [2.24, 2.45) is 10.2 Å². The zero-order valence-corrected chi connectivity index (χ0v) is 15.5. The molecule has 0 fully saturated rings. The van der Waals surface area contributed by atoms with Crippen molar-refractivity contribution < 1.29 is 9.85 Å². The van der Waals surface area contributed by atoms with Crippen LogP contribution in [0.5, 0.6) is 0 Å². The van der Waals surface area contributed by atoms with Crippen molar-refractivity contribution in [3.05, 3.63) is 98.6 Å². The lowest BCUT2D eigenvalue weighted by Crippen LogP contribution is -2.15. The van der Waals surface area contributed by atoms with E-state index < -0.39 is 15.5 Å². The second-order valence-electron chi connectivity index (χ2n) is 6.25. The fraction of sp³-hybridized carbons (Fsp3) is 0.100. The molecule has 29 heavy (non-hydrogen) atoms. The first-order valence-corrected chi connectivity index (χ1v) is 8.64. The van der Waals surface area contributed by atoms with Gasteiger partial charge in [-0.2, -0.15) is 5.11 Å². The average molecular weight is 391 g/mol. The van der Waals surface area contributed by atoms with E-state index in [9.17, 15) is 20.2 Å². The minimum Gasteiger partial charge on any atom is -0.370 e. The number of hydrogen-bond acceptors (Lipinski definition) is 7. The molecule has 0 N–H and O–H groups in total. The topological polar surface area (TPSA) is 114 Å². The van der Waals surface area contributed by atoms with E-state index in [0.717, 1.165) is 24.4 Å². The number of rotatable bonds is 7. The summed E-state index contributed by atoms with van der Waals surface area (Å²) in [6.45, 7) is 0.747. The highest BCUT2D eigenvalue weighted by atomic mass is 16.6. The van der Waals surface area contributed by atoms with Gasteiger partial charge in [0.15, 0.2) is 5.69 Å². The van der Waals surface area contributed by atoms with Crippen LogP contribution >= 0.6 is 0 Å². The summed E-state index contributed by atoms with van der Waals surface area (Å²) in [5.41, 5.74) is 1.78. The summed E-state index contributed by atoms with van der Waals surface area (Å²) in [5.74, 6) is 0. The summed E-state index contributed by atoms with van der Waals surface area (Å²) in [6, 6.07) is 20.5. The van der Waals surface area contributed by atoms with Crippen molar-refractivity contribution in [2.75, 3.05) is 11.9 Å². The van der Waals surface area contributed by atoms with Gasteiger partial charge in [-0.3, -0.25) is 20.2 Å². The Hall–Kier alpha value is -4.14. The van der Waals surface area contributed by atoms with Crippen LogP contribution in [0.1, 0.15) is 5.56 Å². The van der Waals surface area contributed by atoms with Crippen LogP contribution in [0, 0.1) is 20.2 Å². The van der Waals surface area contributed by atoms with Crippen LogP contribution in [0.4, 0.5) is 28.4 Å². The highest BCUT2D eigenvalue weighted by molar-refractivity contribution is 5.62. The van der Waals surface area contributed by atoms with Gasteiger partial charge in [-0.05, 0) is 35.9 Å². The molecule has 0 amide bonds. The molecule has 0 aliphatic rings. The Bertz CT molecular complexity index is 1050. The van der Waals surface area contributed by atoms with Gasteiger partial charge >= 0.3 is 5.69 Å². The van der Waals surface area contributed by atoms with Gasteiger partial charge in [0.2, 0.25) is 0 Å². The first kappa shape index (κ1) is 19.6. The Labute approximate surface area is 166 Å². The highest BCUT2D eigenvalue weighted by Gasteiger charge is 2.19. The number of nitrogens with zero attached hydrogens (tertiary/aromatic N) is 5. The number of hydrogen-bond donors (Lipinski definition) is 0. The van der Waals surface area contributed by atoms with E-state index in [2.05, 4.69) is 27.3 Å². The second kappa shape index (κ2) is 8.70. The van der Waals surface area contributed by atoms with E-state index in [0.29, 0.717) is 5.69 Å². The summed E-state index contributed by atoms with van der Waals surface area (Å²) in [7, 11) is 1.98.